The summed E-state index contributed by atoms with van der Waals surface area (Å²) in [4.78, 5) is 36.7. The van der Waals surface area contributed by atoms with Crippen LogP contribution in [0.5, 0.6) is 0 Å². The summed E-state index contributed by atoms with van der Waals surface area (Å²) in [5.74, 6) is -2.70. The zero-order valence-corrected chi connectivity index (χ0v) is 19.2. The summed E-state index contributed by atoms with van der Waals surface area (Å²) < 4.78 is 22.1. The van der Waals surface area contributed by atoms with Gasteiger partial charge in [-0.2, -0.15) is 0 Å². The number of hydrogen-bond acceptors (Lipinski definition) is 6. The van der Waals surface area contributed by atoms with Crippen molar-refractivity contribution in [3.8, 4) is 0 Å². The predicted molar refractivity (Wildman–Crippen MR) is 114 cm³/mol. The molecular weight excluding hydrogens is 415 g/mol. The molecule has 2 N–H and O–H groups in total. The van der Waals surface area contributed by atoms with E-state index in [0.717, 1.165) is 0 Å². The molecule has 0 aromatic heterocycles. The Labute approximate surface area is 187 Å². The summed E-state index contributed by atoms with van der Waals surface area (Å²) in [6, 6.07) is 0. The first-order chi connectivity index (χ1) is 14.9. The fraction of sp³-hybridized carbons (Fsp3) is 0.720. The van der Waals surface area contributed by atoms with Gasteiger partial charge >= 0.3 is 5.97 Å². The van der Waals surface area contributed by atoms with Gasteiger partial charge in [-0.25, -0.2) is 4.39 Å². The van der Waals surface area contributed by atoms with Crippen LogP contribution >= 0.6 is 0 Å². The number of Topliss-reactive ketones (excluding diaryl/α,β-unsaturated/α-hetero) is 1. The lowest BCUT2D eigenvalue weighted by atomic mass is 9.44. The quantitative estimate of drug-likeness (QED) is 0.642. The highest BCUT2D eigenvalue weighted by Crippen LogP contribution is 2.70. The smallest absolute Gasteiger partial charge is 0.305 e. The van der Waals surface area contributed by atoms with Crippen LogP contribution in [0.25, 0.3) is 0 Å². The molecule has 8 atom stereocenters. The molecule has 0 heterocycles. The van der Waals surface area contributed by atoms with E-state index in [-0.39, 0.29) is 24.5 Å². The largest absolute Gasteiger partial charge is 0.458 e. The maximum absolute atomic E-state index is 17.1. The van der Waals surface area contributed by atoms with Gasteiger partial charge in [0, 0.05) is 23.2 Å². The second kappa shape index (κ2) is 7.32. The Bertz CT molecular complexity index is 925. The van der Waals surface area contributed by atoms with E-state index in [1.807, 2.05) is 0 Å². The van der Waals surface area contributed by atoms with Gasteiger partial charge in [-0.3, -0.25) is 14.4 Å². The molecule has 0 saturated heterocycles. The number of carbonyl (C=O) groups excluding carboxylic acids is 3. The Morgan fingerprint density at radius 2 is 1.97 bits per heavy atom. The molecule has 3 fully saturated rings. The fourth-order valence-corrected chi connectivity index (χ4v) is 7.50. The first-order valence-electron chi connectivity index (χ1n) is 11.6. The molecule has 4 aliphatic rings. The number of alkyl halides is 1. The van der Waals surface area contributed by atoms with Crippen LogP contribution in [-0.4, -0.2) is 51.7 Å². The van der Waals surface area contributed by atoms with Gasteiger partial charge in [-0.1, -0.05) is 32.4 Å². The van der Waals surface area contributed by atoms with Crippen LogP contribution in [0.3, 0.4) is 0 Å². The van der Waals surface area contributed by atoms with Crippen molar-refractivity contribution in [1.29, 1.82) is 0 Å². The Morgan fingerprint density at radius 3 is 2.62 bits per heavy atom. The zero-order valence-electron chi connectivity index (χ0n) is 19.2. The van der Waals surface area contributed by atoms with Crippen molar-refractivity contribution in [2.75, 3.05) is 6.61 Å². The van der Waals surface area contributed by atoms with Crippen molar-refractivity contribution in [3.63, 3.8) is 0 Å². The van der Waals surface area contributed by atoms with Gasteiger partial charge in [0.25, 0.3) is 0 Å². The molecule has 2 unspecified atom stereocenters. The molecule has 176 valence electrons. The summed E-state index contributed by atoms with van der Waals surface area (Å²) in [7, 11) is 0. The minimum absolute atomic E-state index is 0.0936. The summed E-state index contributed by atoms with van der Waals surface area (Å²) in [6.07, 6.45) is 4.42. The van der Waals surface area contributed by atoms with Gasteiger partial charge in [0.1, 0.15) is 5.60 Å². The van der Waals surface area contributed by atoms with Gasteiger partial charge in [0.05, 0.1) is 6.10 Å². The number of fused-ring (bicyclic) bond motifs is 5. The third-order valence-corrected chi connectivity index (χ3v) is 9.30. The van der Waals surface area contributed by atoms with E-state index in [1.54, 1.807) is 33.8 Å². The molecule has 6 nitrogen and oxygen atoms in total. The molecule has 0 bridgehead atoms. The predicted octanol–water partition coefficient (Wildman–Crippen LogP) is 2.86. The van der Waals surface area contributed by atoms with Gasteiger partial charge in [-0.15, -0.1) is 0 Å². The molecule has 4 aliphatic carbocycles. The molecule has 0 radical (unpaired) electrons. The Kier molecular flexibility index (Phi) is 5.33. The number of hydrogen-bond donors (Lipinski definition) is 2. The van der Waals surface area contributed by atoms with Crippen LogP contribution in [0.15, 0.2) is 23.8 Å². The first kappa shape index (κ1) is 23.3. The summed E-state index contributed by atoms with van der Waals surface area (Å²) in [6.45, 7) is 6.35. The third-order valence-electron chi connectivity index (χ3n) is 9.30. The number of esters is 1. The van der Waals surface area contributed by atoms with E-state index in [1.165, 1.54) is 12.2 Å². The Balaban J connectivity index is 1.73. The van der Waals surface area contributed by atoms with Crippen LogP contribution in [0.4, 0.5) is 4.39 Å². The monoisotopic (exact) mass is 448 g/mol. The molecule has 3 saturated carbocycles. The molecule has 32 heavy (non-hydrogen) atoms. The van der Waals surface area contributed by atoms with Gasteiger partial charge < -0.3 is 14.9 Å². The van der Waals surface area contributed by atoms with Gasteiger partial charge in [0.15, 0.2) is 18.1 Å². The number of aliphatic hydroxyl groups is 2. The molecule has 4 rings (SSSR count). The van der Waals surface area contributed by atoms with Crippen molar-refractivity contribution < 1.29 is 33.7 Å². The standard InChI is InChI=1S/C25H33FO6/c1-5-21(30)32-13-20(29)25(31)14(2)10-18-17-7-6-15-11-16(27)8-9-22(15,3)24(17,26)19(28)12-23(18,25)4/h8-9,11,14,17-19,28,31H,5-7,10,12-13H2,1-4H3/t14?,17-,18-,19?,22-,23-,24-,25-/m0/s1. The highest BCUT2D eigenvalue weighted by molar-refractivity contribution is 6.01. The molecule has 0 aromatic carbocycles. The number of ether oxygens (including phenoxy) is 1. The molecule has 0 aliphatic heterocycles. The zero-order chi connectivity index (χ0) is 23.7. The van der Waals surface area contributed by atoms with Crippen LogP contribution in [0.2, 0.25) is 0 Å². The number of halogens is 1. The van der Waals surface area contributed by atoms with Crippen LogP contribution in [0, 0.1) is 28.6 Å². The van der Waals surface area contributed by atoms with E-state index < -0.39 is 58.4 Å². The minimum Gasteiger partial charge on any atom is -0.458 e. The number of ketones is 2. The number of aliphatic hydroxyl groups excluding tert-OH is 1. The van der Waals surface area contributed by atoms with Gasteiger partial charge in [0.2, 0.25) is 5.78 Å². The summed E-state index contributed by atoms with van der Waals surface area (Å²) >= 11 is 0. The van der Waals surface area contributed by atoms with Crippen molar-refractivity contribution in [2.45, 2.75) is 77.2 Å². The average Bonchev–Trinajstić information content (AvgIpc) is 2.94. The Morgan fingerprint density at radius 1 is 1.28 bits per heavy atom. The Hall–Kier alpha value is -1.86. The maximum Gasteiger partial charge on any atom is 0.305 e. The van der Waals surface area contributed by atoms with E-state index in [2.05, 4.69) is 0 Å². The SMILES string of the molecule is CCC(=O)OCC(=O)[C@@]1(O)C(C)C[C@H]2[C@@H]3CCC4=CC(=O)C=C[C@]4(C)[C@@]3(F)C(O)C[C@@]21C. The van der Waals surface area contributed by atoms with E-state index in [9.17, 15) is 24.6 Å². The summed E-state index contributed by atoms with van der Waals surface area (Å²) in [5.41, 5.74) is -5.33. The van der Waals surface area contributed by atoms with Crippen LogP contribution < -0.4 is 0 Å². The van der Waals surface area contributed by atoms with E-state index in [0.29, 0.717) is 24.8 Å². The lowest BCUT2D eigenvalue weighted by Gasteiger charge is -2.62. The normalized spacial score (nSPS) is 47.2. The third kappa shape index (κ3) is 2.73. The highest BCUT2D eigenvalue weighted by Gasteiger charge is 2.75. The van der Waals surface area contributed by atoms with Crippen LogP contribution in [-0.2, 0) is 19.1 Å². The van der Waals surface area contributed by atoms with Crippen LogP contribution in [0.1, 0.15) is 59.8 Å². The topological polar surface area (TPSA) is 101 Å². The lowest BCUT2D eigenvalue weighted by Crippen LogP contribution is -2.69. The lowest BCUT2D eigenvalue weighted by molar-refractivity contribution is -0.220. The molecule has 0 spiro atoms. The second-order valence-electron chi connectivity index (χ2n) is 10.6. The van der Waals surface area contributed by atoms with E-state index in [4.69, 9.17) is 4.74 Å². The van der Waals surface area contributed by atoms with Crippen molar-refractivity contribution >= 4 is 17.5 Å². The number of carbonyl (C=O) groups is 3. The van der Waals surface area contributed by atoms with Crippen molar-refractivity contribution in [3.05, 3.63) is 23.8 Å². The van der Waals surface area contributed by atoms with E-state index >= 15 is 4.39 Å². The summed E-state index contributed by atoms with van der Waals surface area (Å²) in [5, 5.41) is 23.0. The fourth-order valence-electron chi connectivity index (χ4n) is 7.50. The first-order valence-corrected chi connectivity index (χ1v) is 11.6. The highest BCUT2D eigenvalue weighted by atomic mass is 19.1. The second-order valence-corrected chi connectivity index (χ2v) is 10.6. The molecular formula is C25H33FO6. The molecule has 0 aromatic rings. The molecule has 7 heteroatoms. The molecule has 0 amide bonds. The average molecular weight is 449 g/mol. The number of allylic oxidation sites excluding steroid dienone is 4. The van der Waals surface area contributed by atoms with Gasteiger partial charge in [-0.05, 0) is 56.6 Å². The number of rotatable bonds is 4. The van der Waals surface area contributed by atoms with Crippen molar-refractivity contribution in [2.24, 2.45) is 28.6 Å². The minimum atomic E-state index is -2.01. The maximum atomic E-state index is 17.1. The van der Waals surface area contributed by atoms with Crippen molar-refractivity contribution in [1.82, 2.24) is 0 Å².